The highest BCUT2D eigenvalue weighted by Crippen LogP contribution is 2.40. The number of anilines is 2. The summed E-state index contributed by atoms with van der Waals surface area (Å²) in [6.45, 7) is 0. The zero-order valence-corrected chi connectivity index (χ0v) is 12.4. The van der Waals surface area contributed by atoms with E-state index in [4.69, 9.17) is 9.68 Å². The van der Waals surface area contributed by atoms with Gasteiger partial charge in [0.1, 0.15) is 11.8 Å². The second kappa shape index (κ2) is 5.58. The molecule has 1 saturated carbocycles. The van der Waals surface area contributed by atoms with Crippen LogP contribution in [0, 0.1) is 11.3 Å². The first-order valence-electron chi connectivity index (χ1n) is 7.51. The number of pyridine rings is 1. The van der Waals surface area contributed by atoms with Gasteiger partial charge in [-0.15, -0.1) is 0 Å². The van der Waals surface area contributed by atoms with Crippen molar-refractivity contribution in [3.05, 3.63) is 60.0 Å². The molecule has 5 heteroatoms. The van der Waals surface area contributed by atoms with Gasteiger partial charge in [-0.05, 0) is 36.5 Å². The van der Waals surface area contributed by atoms with Gasteiger partial charge in [0.05, 0.1) is 18.1 Å². The van der Waals surface area contributed by atoms with E-state index in [9.17, 15) is 0 Å². The van der Waals surface area contributed by atoms with Crippen LogP contribution in [0.5, 0.6) is 0 Å². The Labute approximate surface area is 133 Å². The van der Waals surface area contributed by atoms with Crippen molar-refractivity contribution < 1.29 is 4.42 Å². The Balaban J connectivity index is 1.50. The lowest BCUT2D eigenvalue weighted by molar-refractivity contribution is 0.592. The van der Waals surface area contributed by atoms with Gasteiger partial charge in [-0.3, -0.25) is 0 Å². The van der Waals surface area contributed by atoms with E-state index in [2.05, 4.69) is 39.6 Å². The van der Waals surface area contributed by atoms with Crippen molar-refractivity contribution in [2.24, 2.45) is 0 Å². The number of oxazole rings is 1. The average Bonchev–Trinajstić information content (AvgIpc) is 3.35. The van der Waals surface area contributed by atoms with Crippen LogP contribution in [0.25, 0.3) is 11.3 Å². The number of nitrogens with one attached hydrogen (secondary N) is 1. The van der Waals surface area contributed by atoms with Crippen LogP contribution in [0.15, 0.2) is 53.2 Å². The third-order valence-electron chi connectivity index (χ3n) is 3.88. The fourth-order valence-corrected chi connectivity index (χ4v) is 2.46. The second-order valence-electron chi connectivity index (χ2n) is 5.59. The summed E-state index contributed by atoms with van der Waals surface area (Å²) in [5, 5.41) is 11.8. The normalized spacial score (nSPS) is 13.5. The molecule has 4 rings (SSSR count). The summed E-state index contributed by atoms with van der Waals surface area (Å²) in [5.41, 5.74) is 3.50. The van der Waals surface area contributed by atoms with Gasteiger partial charge >= 0.3 is 0 Å². The first-order chi connectivity index (χ1) is 11.3. The molecule has 1 aromatic carbocycles. The number of hydrogen-bond donors (Lipinski definition) is 1. The summed E-state index contributed by atoms with van der Waals surface area (Å²) >= 11 is 0. The minimum atomic E-state index is 0.374. The Morgan fingerprint density at radius 3 is 2.52 bits per heavy atom. The maximum Gasteiger partial charge on any atom is 0.299 e. The molecule has 0 amide bonds. The Morgan fingerprint density at radius 1 is 1.04 bits per heavy atom. The number of nitriles is 1. The minimum absolute atomic E-state index is 0.374. The van der Waals surface area contributed by atoms with Crippen molar-refractivity contribution in [1.29, 1.82) is 5.26 Å². The third kappa shape index (κ3) is 2.92. The van der Waals surface area contributed by atoms with Crippen molar-refractivity contribution >= 4 is 11.7 Å². The van der Waals surface area contributed by atoms with E-state index in [1.54, 1.807) is 24.5 Å². The van der Waals surface area contributed by atoms with E-state index in [0.29, 0.717) is 11.7 Å². The van der Waals surface area contributed by atoms with Crippen molar-refractivity contribution in [3.63, 3.8) is 0 Å². The molecule has 0 atom stereocenters. The lowest BCUT2D eigenvalue weighted by Crippen LogP contribution is -1.91. The quantitative estimate of drug-likeness (QED) is 0.780. The molecule has 0 bridgehead atoms. The summed E-state index contributed by atoms with van der Waals surface area (Å²) in [6.07, 6.45) is 5.88. The monoisotopic (exact) mass is 302 g/mol. The highest BCUT2D eigenvalue weighted by molar-refractivity contribution is 5.60. The van der Waals surface area contributed by atoms with Crippen LogP contribution in [0.4, 0.5) is 11.7 Å². The molecule has 3 aromatic rings. The smallest absolute Gasteiger partial charge is 0.299 e. The third-order valence-corrected chi connectivity index (χ3v) is 3.88. The van der Waals surface area contributed by atoms with E-state index in [1.165, 1.54) is 18.4 Å². The Bertz CT molecular complexity index is 855. The molecule has 112 valence electrons. The zero-order chi connectivity index (χ0) is 15.6. The summed E-state index contributed by atoms with van der Waals surface area (Å²) in [4.78, 5) is 8.23. The Hall–Kier alpha value is -3.13. The van der Waals surface area contributed by atoms with Crippen LogP contribution in [0.2, 0.25) is 0 Å². The SMILES string of the molecule is N#Cc1ccc(Nc2ncc(-c3ccc(C4CC4)cc3)o2)cn1. The van der Waals surface area contributed by atoms with E-state index in [0.717, 1.165) is 22.9 Å². The van der Waals surface area contributed by atoms with Crippen molar-refractivity contribution in [1.82, 2.24) is 9.97 Å². The number of hydrogen-bond acceptors (Lipinski definition) is 5. The zero-order valence-electron chi connectivity index (χ0n) is 12.4. The molecule has 23 heavy (non-hydrogen) atoms. The minimum Gasteiger partial charge on any atom is -0.423 e. The molecule has 1 aliphatic rings. The van der Waals surface area contributed by atoms with Gasteiger partial charge in [0, 0.05) is 5.56 Å². The number of benzene rings is 1. The topological polar surface area (TPSA) is 74.7 Å². The van der Waals surface area contributed by atoms with Gasteiger partial charge in [-0.1, -0.05) is 24.3 Å². The predicted molar refractivity (Wildman–Crippen MR) is 86.1 cm³/mol. The highest BCUT2D eigenvalue weighted by atomic mass is 16.4. The molecule has 0 radical (unpaired) electrons. The summed E-state index contributed by atoms with van der Waals surface area (Å²) in [5.74, 6) is 1.47. The molecular formula is C18H14N4O. The van der Waals surface area contributed by atoms with Crippen LogP contribution < -0.4 is 5.32 Å². The number of aromatic nitrogens is 2. The standard InChI is InChI=1S/C18H14N4O/c19-9-15-7-8-16(10-20-15)22-18-21-11-17(23-18)14-5-3-13(4-6-14)12-1-2-12/h3-8,10-12H,1-2H2,(H,21,22). The Morgan fingerprint density at radius 2 is 1.87 bits per heavy atom. The van der Waals surface area contributed by atoms with Gasteiger partial charge in [0.2, 0.25) is 0 Å². The van der Waals surface area contributed by atoms with Crippen molar-refractivity contribution in [3.8, 4) is 17.4 Å². The molecule has 1 aliphatic carbocycles. The first-order valence-corrected chi connectivity index (χ1v) is 7.51. The molecule has 1 N–H and O–H groups in total. The number of nitrogens with zero attached hydrogens (tertiary/aromatic N) is 3. The molecule has 2 aromatic heterocycles. The summed E-state index contributed by atoms with van der Waals surface area (Å²) < 4.78 is 5.73. The predicted octanol–water partition coefficient (Wildman–Crippen LogP) is 4.23. The van der Waals surface area contributed by atoms with E-state index in [1.807, 2.05) is 6.07 Å². The average molecular weight is 302 g/mol. The van der Waals surface area contributed by atoms with E-state index < -0.39 is 0 Å². The molecule has 0 unspecified atom stereocenters. The van der Waals surface area contributed by atoms with Crippen LogP contribution in [-0.2, 0) is 0 Å². The van der Waals surface area contributed by atoms with Gasteiger partial charge < -0.3 is 9.73 Å². The number of rotatable bonds is 4. The van der Waals surface area contributed by atoms with Gasteiger partial charge in [0.15, 0.2) is 5.76 Å². The Kier molecular flexibility index (Phi) is 3.28. The maximum atomic E-state index is 8.74. The van der Waals surface area contributed by atoms with Crippen LogP contribution in [-0.4, -0.2) is 9.97 Å². The molecule has 2 heterocycles. The van der Waals surface area contributed by atoms with E-state index >= 15 is 0 Å². The fourth-order valence-electron chi connectivity index (χ4n) is 2.46. The van der Waals surface area contributed by atoms with Crippen molar-refractivity contribution in [2.45, 2.75) is 18.8 Å². The largest absolute Gasteiger partial charge is 0.423 e. The summed E-state index contributed by atoms with van der Waals surface area (Å²) in [6, 6.07) is 14.2. The first kappa shape index (κ1) is 13.5. The molecular weight excluding hydrogens is 288 g/mol. The maximum absolute atomic E-state index is 8.74. The fraction of sp³-hybridized carbons (Fsp3) is 0.167. The van der Waals surface area contributed by atoms with Gasteiger partial charge in [-0.25, -0.2) is 9.97 Å². The summed E-state index contributed by atoms with van der Waals surface area (Å²) in [7, 11) is 0. The van der Waals surface area contributed by atoms with E-state index in [-0.39, 0.29) is 0 Å². The molecule has 0 spiro atoms. The van der Waals surface area contributed by atoms with Gasteiger partial charge in [0.25, 0.3) is 6.01 Å². The second-order valence-corrected chi connectivity index (χ2v) is 5.59. The van der Waals surface area contributed by atoms with Crippen LogP contribution >= 0.6 is 0 Å². The molecule has 5 nitrogen and oxygen atoms in total. The molecule has 0 aliphatic heterocycles. The lowest BCUT2D eigenvalue weighted by Gasteiger charge is -2.01. The van der Waals surface area contributed by atoms with Gasteiger partial charge in [-0.2, -0.15) is 5.26 Å². The van der Waals surface area contributed by atoms with Crippen LogP contribution in [0.3, 0.4) is 0 Å². The lowest BCUT2D eigenvalue weighted by atomic mass is 10.1. The highest BCUT2D eigenvalue weighted by Gasteiger charge is 2.23. The van der Waals surface area contributed by atoms with Crippen LogP contribution in [0.1, 0.15) is 30.0 Å². The van der Waals surface area contributed by atoms with Crippen molar-refractivity contribution in [2.75, 3.05) is 5.32 Å². The molecule has 1 fully saturated rings. The molecule has 0 saturated heterocycles.